The Morgan fingerprint density at radius 2 is 1.89 bits per heavy atom. The Balaban J connectivity index is 1.70. The molecule has 0 bridgehead atoms. The number of phenolic OH excluding ortho intramolecular Hbond substituents is 1. The van der Waals surface area contributed by atoms with Crippen LogP contribution in [-0.2, 0) is 6.54 Å². The first-order valence-electron chi connectivity index (χ1n) is 9.81. The highest BCUT2D eigenvalue weighted by Gasteiger charge is 2.33. The zero-order valence-electron chi connectivity index (χ0n) is 16.0. The first kappa shape index (κ1) is 19.2. The number of Topliss-reactive ketones (excluding diaryl/α,β-unsaturated/α-hetero) is 1. The van der Waals surface area contributed by atoms with Crippen molar-refractivity contribution < 1.29 is 14.6 Å². The zero-order chi connectivity index (χ0) is 19.7. The maximum absolute atomic E-state index is 13.0. The molecule has 0 amide bonds. The maximum atomic E-state index is 13.0. The van der Waals surface area contributed by atoms with Crippen LogP contribution in [0.3, 0.4) is 0 Å². The highest BCUT2D eigenvalue weighted by Crippen LogP contribution is 2.42. The monoisotopic (exact) mass is 441 g/mol. The lowest BCUT2D eigenvalue weighted by molar-refractivity contribution is 0.101. The molecule has 2 aliphatic rings. The smallest absolute Gasteiger partial charge is 0.232 e. The number of phenols is 1. The molecule has 2 aromatic carbocycles. The molecule has 2 aromatic rings. The van der Waals surface area contributed by atoms with E-state index in [0.29, 0.717) is 29.2 Å². The third kappa shape index (κ3) is 3.74. The quantitative estimate of drug-likeness (QED) is 0.642. The Bertz CT molecular complexity index is 943. The topological polar surface area (TPSA) is 49.8 Å². The minimum atomic E-state index is -0.125. The lowest BCUT2D eigenvalue weighted by Crippen LogP contribution is -2.24. The molecule has 4 rings (SSSR count). The van der Waals surface area contributed by atoms with Crippen molar-refractivity contribution in [2.24, 2.45) is 0 Å². The van der Waals surface area contributed by atoms with Crippen LogP contribution in [0.5, 0.6) is 11.5 Å². The summed E-state index contributed by atoms with van der Waals surface area (Å²) in [6.45, 7) is 4.46. The molecule has 0 aliphatic carbocycles. The molecule has 28 heavy (non-hydrogen) atoms. The molecule has 2 heterocycles. The number of rotatable bonds is 3. The van der Waals surface area contributed by atoms with Gasteiger partial charge in [0.25, 0.3) is 0 Å². The number of benzene rings is 2. The first-order valence-corrected chi connectivity index (χ1v) is 10.6. The lowest BCUT2D eigenvalue weighted by Gasteiger charge is -2.22. The maximum Gasteiger partial charge on any atom is 0.232 e. The molecule has 5 heteroatoms. The second-order valence-electron chi connectivity index (χ2n) is 7.55. The van der Waals surface area contributed by atoms with Gasteiger partial charge in [-0.25, -0.2) is 0 Å². The summed E-state index contributed by atoms with van der Waals surface area (Å²) in [5.74, 6) is 0.897. The Morgan fingerprint density at radius 1 is 1.18 bits per heavy atom. The number of aromatic hydroxyl groups is 1. The number of fused-ring (bicyclic) bond motifs is 1. The second kappa shape index (κ2) is 8.10. The SMILES string of the molecule is Cc1cc(O)c(CN2CCCCCC2)c2c1C(=O)/C(=C/c1ccccc1Br)O2. The number of aryl methyl sites for hydroxylation is 1. The van der Waals surface area contributed by atoms with E-state index in [9.17, 15) is 9.90 Å². The molecule has 0 saturated carbocycles. The minimum absolute atomic E-state index is 0.125. The predicted molar refractivity (Wildman–Crippen MR) is 114 cm³/mol. The van der Waals surface area contributed by atoms with E-state index < -0.39 is 0 Å². The molecule has 146 valence electrons. The summed E-state index contributed by atoms with van der Waals surface area (Å²) < 4.78 is 6.95. The van der Waals surface area contributed by atoms with Crippen LogP contribution in [0.25, 0.3) is 6.08 Å². The van der Waals surface area contributed by atoms with Crippen molar-refractivity contribution >= 4 is 27.8 Å². The number of likely N-dealkylation sites (tertiary alicyclic amines) is 1. The van der Waals surface area contributed by atoms with Gasteiger partial charge in [-0.3, -0.25) is 9.69 Å². The van der Waals surface area contributed by atoms with Gasteiger partial charge in [-0.05, 0) is 62.2 Å². The second-order valence-corrected chi connectivity index (χ2v) is 8.40. The van der Waals surface area contributed by atoms with E-state index in [1.807, 2.05) is 31.2 Å². The van der Waals surface area contributed by atoms with Crippen LogP contribution in [0.4, 0.5) is 0 Å². The summed E-state index contributed by atoms with van der Waals surface area (Å²) in [6.07, 6.45) is 6.60. The molecule has 1 N–H and O–H groups in total. The van der Waals surface area contributed by atoms with Crippen molar-refractivity contribution in [1.82, 2.24) is 4.90 Å². The fourth-order valence-corrected chi connectivity index (χ4v) is 4.38. The standard InChI is InChI=1S/C23H24BrNO3/c1-15-12-19(26)17(14-25-10-6-2-3-7-11-25)23-21(15)22(27)20(28-23)13-16-8-4-5-9-18(16)24/h4-5,8-9,12-13,26H,2-3,6-7,10-11,14H2,1H3/b20-13-. The molecule has 1 fully saturated rings. The van der Waals surface area contributed by atoms with Crippen LogP contribution in [0.2, 0.25) is 0 Å². The number of allylic oxidation sites excluding steroid dienone is 1. The van der Waals surface area contributed by atoms with Crippen LogP contribution >= 0.6 is 15.9 Å². The van der Waals surface area contributed by atoms with E-state index in [0.717, 1.165) is 28.7 Å². The highest BCUT2D eigenvalue weighted by molar-refractivity contribution is 9.10. The van der Waals surface area contributed by atoms with Gasteiger partial charge in [-0.2, -0.15) is 0 Å². The summed E-state index contributed by atoms with van der Waals surface area (Å²) in [5.41, 5.74) is 2.91. The number of nitrogens with zero attached hydrogens (tertiary/aromatic N) is 1. The van der Waals surface area contributed by atoms with E-state index in [2.05, 4.69) is 20.8 Å². The van der Waals surface area contributed by atoms with Crippen molar-refractivity contribution in [3.8, 4) is 11.5 Å². The number of hydrogen-bond acceptors (Lipinski definition) is 4. The van der Waals surface area contributed by atoms with Gasteiger partial charge in [0.1, 0.15) is 11.5 Å². The molecular formula is C23H24BrNO3. The average molecular weight is 442 g/mol. The van der Waals surface area contributed by atoms with E-state index in [1.165, 1.54) is 25.7 Å². The molecule has 0 spiro atoms. The molecule has 0 radical (unpaired) electrons. The third-order valence-electron chi connectivity index (χ3n) is 5.49. The van der Waals surface area contributed by atoms with E-state index in [4.69, 9.17) is 4.74 Å². The van der Waals surface area contributed by atoms with E-state index >= 15 is 0 Å². The van der Waals surface area contributed by atoms with E-state index in [1.54, 1.807) is 12.1 Å². The molecule has 0 aromatic heterocycles. The Kier molecular flexibility index (Phi) is 5.56. The van der Waals surface area contributed by atoms with Crippen LogP contribution in [0.15, 0.2) is 40.6 Å². The van der Waals surface area contributed by atoms with Gasteiger partial charge in [-0.1, -0.05) is 47.0 Å². The lowest BCUT2D eigenvalue weighted by atomic mass is 9.99. The fraction of sp³-hybridized carbons (Fsp3) is 0.348. The van der Waals surface area contributed by atoms with E-state index in [-0.39, 0.29) is 11.5 Å². The Morgan fingerprint density at radius 3 is 2.61 bits per heavy atom. The molecule has 0 unspecified atom stereocenters. The summed E-state index contributed by atoms with van der Waals surface area (Å²) in [4.78, 5) is 15.4. The normalized spacial score (nSPS) is 18.8. The van der Waals surface area contributed by atoms with Crippen molar-refractivity contribution in [3.05, 3.63) is 62.8 Å². The predicted octanol–water partition coefficient (Wildman–Crippen LogP) is 5.46. The summed E-state index contributed by atoms with van der Waals surface area (Å²) in [5, 5.41) is 10.6. The largest absolute Gasteiger partial charge is 0.507 e. The summed E-state index contributed by atoms with van der Waals surface area (Å²) in [6, 6.07) is 9.40. The van der Waals surface area contributed by atoms with Gasteiger partial charge in [0.05, 0.1) is 11.1 Å². The van der Waals surface area contributed by atoms with Crippen LogP contribution < -0.4 is 4.74 Å². The summed E-state index contributed by atoms with van der Waals surface area (Å²) >= 11 is 3.51. The van der Waals surface area contributed by atoms with Crippen molar-refractivity contribution in [2.75, 3.05) is 13.1 Å². The van der Waals surface area contributed by atoms with Gasteiger partial charge >= 0.3 is 0 Å². The number of halogens is 1. The Labute approximate surface area is 173 Å². The number of hydrogen-bond donors (Lipinski definition) is 1. The van der Waals surface area contributed by atoms with Crippen molar-refractivity contribution in [1.29, 1.82) is 0 Å². The molecular weight excluding hydrogens is 418 g/mol. The molecule has 2 aliphatic heterocycles. The van der Waals surface area contributed by atoms with Gasteiger partial charge in [0, 0.05) is 11.0 Å². The zero-order valence-corrected chi connectivity index (χ0v) is 17.6. The van der Waals surface area contributed by atoms with Gasteiger partial charge in [0.2, 0.25) is 5.78 Å². The number of ether oxygens (including phenoxy) is 1. The fourth-order valence-electron chi connectivity index (χ4n) is 3.98. The van der Waals surface area contributed by atoms with Crippen LogP contribution in [-0.4, -0.2) is 28.9 Å². The van der Waals surface area contributed by atoms with Gasteiger partial charge in [0.15, 0.2) is 5.76 Å². The highest BCUT2D eigenvalue weighted by atomic mass is 79.9. The van der Waals surface area contributed by atoms with Crippen LogP contribution in [0, 0.1) is 6.92 Å². The van der Waals surface area contributed by atoms with Crippen LogP contribution in [0.1, 0.15) is 52.7 Å². The third-order valence-corrected chi connectivity index (χ3v) is 6.22. The van der Waals surface area contributed by atoms with Gasteiger partial charge in [-0.15, -0.1) is 0 Å². The molecule has 4 nitrogen and oxygen atoms in total. The number of ketones is 1. The van der Waals surface area contributed by atoms with Crippen molar-refractivity contribution in [3.63, 3.8) is 0 Å². The number of carbonyl (C=O) groups is 1. The average Bonchev–Trinajstić information content (AvgIpc) is 2.83. The Hall–Kier alpha value is -2.11. The minimum Gasteiger partial charge on any atom is -0.507 e. The summed E-state index contributed by atoms with van der Waals surface area (Å²) in [7, 11) is 0. The first-order chi connectivity index (χ1) is 13.5. The molecule has 1 saturated heterocycles. The molecule has 0 atom stereocenters. The van der Waals surface area contributed by atoms with Gasteiger partial charge < -0.3 is 9.84 Å². The van der Waals surface area contributed by atoms with Crippen molar-refractivity contribution in [2.45, 2.75) is 39.2 Å². The number of carbonyl (C=O) groups excluding carboxylic acids is 1.